The third-order valence-corrected chi connectivity index (χ3v) is 7.21. The fourth-order valence-corrected chi connectivity index (χ4v) is 4.63. The van der Waals surface area contributed by atoms with Gasteiger partial charge in [-0.25, -0.2) is 8.42 Å². The summed E-state index contributed by atoms with van der Waals surface area (Å²) in [7, 11) is -3.88. The molecule has 1 unspecified atom stereocenters. The van der Waals surface area contributed by atoms with E-state index in [0.29, 0.717) is 5.69 Å². The third-order valence-electron chi connectivity index (χ3n) is 5.16. The molecule has 0 spiro atoms. The lowest BCUT2D eigenvalue weighted by molar-refractivity contribution is -0.386. The number of carbonyl (C=O) groups excluding carboxylic acids is 1. The summed E-state index contributed by atoms with van der Waals surface area (Å²) in [4.78, 5) is 23.2. The van der Waals surface area contributed by atoms with Gasteiger partial charge in [0.15, 0.2) is 11.9 Å². The molecule has 0 radical (unpaired) electrons. The van der Waals surface area contributed by atoms with E-state index in [4.69, 9.17) is 4.74 Å². The highest BCUT2D eigenvalue weighted by molar-refractivity contribution is 7.89. The van der Waals surface area contributed by atoms with E-state index in [1.54, 1.807) is 26.0 Å². The Kier molecular flexibility index (Phi) is 8.20. The lowest BCUT2D eigenvalue weighted by atomic mass is 9.87. The first kappa shape index (κ1) is 26.3. The molecule has 10 heteroatoms. The fourth-order valence-electron chi connectivity index (χ4n) is 3.15. The number of anilines is 1. The Morgan fingerprint density at radius 1 is 1.12 bits per heavy atom. The molecular formula is C23H31N3O6S. The van der Waals surface area contributed by atoms with E-state index in [1.165, 1.54) is 23.4 Å². The highest BCUT2D eigenvalue weighted by Crippen LogP contribution is 2.32. The second-order valence-electron chi connectivity index (χ2n) is 8.55. The van der Waals surface area contributed by atoms with Crippen LogP contribution in [0.25, 0.3) is 0 Å². The van der Waals surface area contributed by atoms with Crippen molar-refractivity contribution in [3.05, 3.63) is 58.1 Å². The second-order valence-corrected chi connectivity index (χ2v) is 10.5. The highest BCUT2D eigenvalue weighted by atomic mass is 32.2. The molecule has 2 aromatic carbocycles. The summed E-state index contributed by atoms with van der Waals surface area (Å²) in [6.07, 6.45) is -1.06. The van der Waals surface area contributed by atoms with E-state index in [2.05, 4.69) is 26.1 Å². The Morgan fingerprint density at radius 2 is 1.70 bits per heavy atom. The maximum atomic E-state index is 12.7. The number of nitrogens with zero attached hydrogens (tertiary/aromatic N) is 2. The van der Waals surface area contributed by atoms with Crippen LogP contribution in [0.3, 0.4) is 0 Å². The van der Waals surface area contributed by atoms with Crippen LogP contribution in [-0.4, -0.2) is 42.7 Å². The number of rotatable bonds is 9. The van der Waals surface area contributed by atoms with E-state index in [-0.39, 0.29) is 29.1 Å². The largest absolute Gasteiger partial charge is 0.474 e. The monoisotopic (exact) mass is 477 g/mol. The van der Waals surface area contributed by atoms with E-state index in [9.17, 15) is 23.3 Å². The number of nitrogens with one attached hydrogen (secondary N) is 1. The minimum atomic E-state index is -3.88. The Bertz CT molecular complexity index is 1100. The second kappa shape index (κ2) is 10.3. The molecule has 2 aromatic rings. The van der Waals surface area contributed by atoms with Gasteiger partial charge in [0.05, 0.1) is 9.82 Å². The summed E-state index contributed by atoms with van der Waals surface area (Å²) in [6, 6.07) is 10.8. The van der Waals surface area contributed by atoms with Gasteiger partial charge in [-0.05, 0) is 42.2 Å². The van der Waals surface area contributed by atoms with Crippen molar-refractivity contribution >= 4 is 27.3 Å². The summed E-state index contributed by atoms with van der Waals surface area (Å²) >= 11 is 0. The van der Waals surface area contributed by atoms with Gasteiger partial charge >= 0.3 is 5.69 Å². The molecule has 1 N–H and O–H groups in total. The molecule has 9 nitrogen and oxygen atoms in total. The average Bonchev–Trinajstić information content (AvgIpc) is 2.74. The number of carbonyl (C=O) groups is 1. The van der Waals surface area contributed by atoms with Crippen LogP contribution in [0.4, 0.5) is 11.4 Å². The first-order chi connectivity index (χ1) is 15.3. The van der Waals surface area contributed by atoms with Crippen LogP contribution in [0, 0.1) is 10.1 Å². The van der Waals surface area contributed by atoms with Crippen molar-refractivity contribution in [2.45, 2.75) is 58.0 Å². The van der Waals surface area contributed by atoms with Crippen molar-refractivity contribution in [2.24, 2.45) is 0 Å². The summed E-state index contributed by atoms with van der Waals surface area (Å²) in [6.45, 7) is 11.6. The highest BCUT2D eigenvalue weighted by Gasteiger charge is 2.28. The van der Waals surface area contributed by atoms with Crippen LogP contribution < -0.4 is 10.1 Å². The molecule has 0 saturated heterocycles. The average molecular weight is 478 g/mol. The minimum Gasteiger partial charge on any atom is -0.474 e. The van der Waals surface area contributed by atoms with E-state index in [0.717, 1.165) is 11.6 Å². The van der Waals surface area contributed by atoms with Crippen molar-refractivity contribution in [1.29, 1.82) is 0 Å². The Labute approximate surface area is 195 Å². The van der Waals surface area contributed by atoms with E-state index >= 15 is 0 Å². The number of hydrogen-bond acceptors (Lipinski definition) is 6. The van der Waals surface area contributed by atoms with Gasteiger partial charge in [-0.1, -0.05) is 46.8 Å². The van der Waals surface area contributed by atoms with Gasteiger partial charge in [0.2, 0.25) is 10.0 Å². The lowest BCUT2D eigenvalue weighted by Gasteiger charge is -2.20. The predicted octanol–water partition coefficient (Wildman–Crippen LogP) is 4.33. The first-order valence-electron chi connectivity index (χ1n) is 10.7. The van der Waals surface area contributed by atoms with Gasteiger partial charge in [0, 0.05) is 24.8 Å². The smallest absolute Gasteiger partial charge is 0.312 e. The normalized spacial score (nSPS) is 12.9. The number of ether oxygens (including phenoxy) is 1. The number of amides is 1. The molecule has 33 heavy (non-hydrogen) atoms. The molecule has 0 saturated carbocycles. The van der Waals surface area contributed by atoms with Gasteiger partial charge in [0.25, 0.3) is 5.91 Å². The zero-order valence-electron chi connectivity index (χ0n) is 19.8. The van der Waals surface area contributed by atoms with Crippen LogP contribution in [0.1, 0.15) is 47.1 Å². The van der Waals surface area contributed by atoms with E-state index in [1.807, 2.05) is 12.1 Å². The van der Waals surface area contributed by atoms with Gasteiger partial charge in [-0.3, -0.25) is 14.9 Å². The van der Waals surface area contributed by atoms with Gasteiger partial charge < -0.3 is 10.1 Å². The number of benzene rings is 2. The van der Waals surface area contributed by atoms with Crippen molar-refractivity contribution in [2.75, 3.05) is 18.4 Å². The predicted molar refractivity (Wildman–Crippen MR) is 127 cm³/mol. The molecule has 0 aliphatic carbocycles. The van der Waals surface area contributed by atoms with Crippen LogP contribution in [0.15, 0.2) is 47.4 Å². The van der Waals surface area contributed by atoms with E-state index < -0.39 is 32.6 Å². The lowest BCUT2D eigenvalue weighted by Crippen LogP contribution is -2.31. The SMILES string of the molecule is CCN(CC)S(=O)(=O)c1ccc(OC(C)C(=O)Nc2ccc(C(C)(C)C)cc2)c([N+](=O)[O-])c1. The summed E-state index contributed by atoms with van der Waals surface area (Å²) in [5, 5.41) is 14.3. The molecule has 1 atom stereocenters. The summed E-state index contributed by atoms with van der Waals surface area (Å²) < 4.78 is 32.1. The standard InChI is InChI=1S/C23H31N3O6S/c1-7-25(8-2)33(30,31)19-13-14-21(20(15-19)26(28)29)32-16(3)22(27)24-18-11-9-17(10-12-18)23(4,5)6/h9-16H,7-8H2,1-6H3,(H,24,27). The molecule has 2 rings (SSSR count). The minimum absolute atomic E-state index is 0.0250. The zero-order valence-corrected chi connectivity index (χ0v) is 20.6. The molecule has 1 amide bonds. The zero-order chi connectivity index (χ0) is 25.0. The van der Waals surface area contributed by atoms with Crippen LogP contribution in [-0.2, 0) is 20.2 Å². The van der Waals surface area contributed by atoms with Crippen molar-refractivity contribution in [3.8, 4) is 5.75 Å². The fraction of sp³-hybridized carbons (Fsp3) is 0.435. The molecule has 0 fully saturated rings. The molecular weight excluding hydrogens is 446 g/mol. The van der Waals surface area contributed by atoms with Crippen molar-refractivity contribution < 1.29 is 22.9 Å². The van der Waals surface area contributed by atoms with Gasteiger partial charge in [-0.15, -0.1) is 0 Å². The summed E-state index contributed by atoms with van der Waals surface area (Å²) in [5.41, 5.74) is 1.12. The quantitative estimate of drug-likeness (QED) is 0.424. The number of hydrogen-bond donors (Lipinski definition) is 1. The summed E-state index contributed by atoms with van der Waals surface area (Å²) in [5.74, 6) is -0.683. The Balaban J connectivity index is 2.22. The molecule has 0 aromatic heterocycles. The molecule has 0 aliphatic rings. The van der Waals surface area contributed by atoms with Gasteiger partial charge in [0.1, 0.15) is 0 Å². The third kappa shape index (κ3) is 6.29. The Hall–Kier alpha value is -2.98. The molecule has 180 valence electrons. The van der Waals surface area contributed by atoms with Gasteiger partial charge in [-0.2, -0.15) is 4.31 Å². The van der Waals surface area contributed by atoms with Crippen molar-refractivity contribution in [3.63, 3.8) is 0 Å². The number of nitro benzene ring substituents is 1. The maximum absolute atomic E-state index is 12.7. The number of sulfonamides is 1. The van der Waals surface area contributed by atoms with Crippen molar-refractivity contribution in [1.82, 2.24) is 4.31 Å². The molecule has 0 heterocycles. The van der Waals surface area contributed by atoms with Crippen LogP contribution >= 0.6 is 0 Å². The molecule has 0 bridgehead atoms. The van der Waals surface area contributed by atoms with Crippen LogP contribution in [0.2, 0.25) is 0 Å². The number of nitro groups is 1. The maximum Gasteiger partial charge on any atom is 0.312 e. The first-order valence-corrected chi connectivity index (χ1v) is 12.1. The molecule has 0 aliphatic heterocycles. The topological polar surface area (TPSA) is 119 Å². The Morgan fingerprint density at radius 3 is 2.18 bits per heavy atom. The van der Waals surface area contributed by atoms with Crippen LogP contribution in [0.5, 0.6) is 5.75 Å².